The molecule has 2 rings (SSSR count). The molecular weight excluding hydrogens is 239 g/mol. The lowest BCUT2D eigenvalue weighted by atomic mass is 10.1. The van der Waals surface area contributed by atoms with Crippen LogP contribution in [-0.4, -0.2) is 14.7 Å². The molecule has 0 bridgehead atoms. The Balaban J connectivity index is 2.88. The van der Waals surface area contributed by atoms with Gasteiger partial charge in [-0.05, 0) is 31.0 Å². The largest absolute Gasteiger partial charge is 0.492 e. The molecule has 0 aliphatic carbocycles. The number of rotatable bonds is 1. The number of nitrogens with zero attached hydrogens (tertiary/aromatic N) is 1. The molecular formula is C12H11FN2O3. The molecule has 0 amide bonds. The van der Waals surface area contributed by atoms with E-state index in [1.165, 1.54) is 0 Å². The first kappa shape index (κ1) is 12.1. The van der Waals surface area contributed by atoms with Crippen LogP contribution in [0, 0.1) is 19.7 Å². The number of nitrogens with one attached hydrogen (secondary N) is 1. The average molecular weight is 250 g/mol. The first-order chi connectivity index (χ1) is 8.41. The molecule has 0 saturated carbocycles. The smallest absolute Gasteiger partial charge is 0.335 e. The van der Waals surface area contributed by atoms with E-state index in [-0.39, 0.29) is 0 Å². The molecule has 0 aliphatic rings. The highest BCUT2D eigenvalue weighted by atomic mass is 19.1. The van der Waals surface area contributed by atoms with E-state index in [9.17, 15) is 19.1 Å². The third kappa shape index (κ3) is 1.81. The third-order valence-corrected chi connectivity index (χ3v) is 2.64. The molecule has 94 valence electrons. The highest BCUT2D eigenvalue weighted by molar-refractivity contribution is 5.45. The molecule has 0 atom stereocenters. The maximum absolute atomic E-state index is 13.3. The van der Waals surface area contributed by atoms with Crippen LogP contribution in [0.2, 0.25) is 0 Å². The number of aromatic amines is 1. The number of H-pyrrole nitrogens is 1. The van der Waals surface area contributed by atoms with E-state index in [0.717, 1.165) is 10.1 Å². The minimum atomic E-state index is -1.38. The average Bonchev–Trinajstić information content (AvgIpc) is 2.31. The van der Waals surface area contributed by atoms with Gasteiger partial charge in [-0.2, -0.15) is 4.39 Å². The Morgan fingerprint density at radius 3 is 2.61 bits per heavy atom. The van der Waals surface area contributed by atoms with Crippen LogP contribution in [0.1, 0.15) is 11.1 Å². The van der Waals surface area contributed by atoms with Crippen LogP contribution in [0.4, 0.5) is 4.39 Å². The minimum Gasteiger partial charge on any atom is -0.492 e. The zero-order chi connectivity index (χ0) is 13.4. The van der Waals surface area contributed by atoms with E-state index in [2.05, 4.69) is 0 Å². The number of aryl methyl sites for hydroxylation is 2. The van der Waals surface area contributed by atoms with Gasteiger partial charge in [-0.3, -0.25) is 9.78 Å². The zero-order valence-electron chi connectivity index (χ0n) is 9.82. The fourth-order valence-electron chi connectivity index (χ4n) is 1.69. The molecule has 2 N–H and O–H groups in total. The van der Waals surface area contributed by atoms with Crippen LogP contribution < -0.4 is 11.2 Å². The van der Waals surface area contributed by atoms with Crippen molar-refractivity contribution in [3.63, 3.8) is 0 Å². The summed E-state index contributed by atoms with van der Waals surface area (Å²) in [7, 11) is 0. The summed E-state index contributed by atoms with van der Waals surface area (Å²) in [6.07, 6.45) is 0. The highest BCUT2D eigenvalue weighted by Crippen LogP contribution is 2.19. The summed E-state index contributed by atoms with van der Waals surface area (Å²) in [5.41, 5.74) is -0.280. The molecule has 1 aromatic heterocycles. The summed E-state index contributed by atoms with van der Waals surface area (Å²) in [6.45, 7) is 3.51. The molecule has 0 fully saturated rings. The lowest BCUT2D eigenvalue weighted by molar-refractivity contribution is 0.386. The maximum atomic E-state index is 13.3. The summed E-state index contributed by atoms with van der Waals surface area (Å²) < 4.78 is 14.1. The Labute approximate surface area is 101 Å². The Kier molecular flexibility index (Phi) is 2.78. The van der Waals surface area contributed by atoms with E-state index >= 15 is 0 Å². The lowest BCUT2D eigenvalue weighted by Gasteiger charge is -2.11. The van der Waals surface area contributed by atoms with Gasteiger partial charge in [0.05, 0.1) is 5.69 Å². The Morgan fingerprint density at radius 2 is 1.94 bits per heavy atom. The third-order valence-electron chi connectivity index (χ3n) is 2.64. The number of halogens is 1. The van der Waals surface area contributed by atoms with Crippen LogP contribution in [0.5, 0.6) is 5.88 Å². The molecule has 1 aromatic carbocycles. The number of aromatic nitrogens is 2. The van der Waals surface area contributed by atoms with E-state index in [4.69, 9.17) is 0 Å². The van der Waals surface area contributed by atoms with Gasteiger partial charge in [0.15, 0.2) is 0 Å². The first-order valence-corrected chi connectivity index (χ1v) is 5.23. The van der Waals surface area contributed by atoms with Crippen molar-refractivity contribution in [2.45, 2.75) is 13.8 Å². The number of hydrogen-bond acceptors (Lipinski definition) is 3. The molecule has 0 unspecified atom stereocenters. The second-order valence-corrected chi connectivity index (χ2v) is 4.02. The molecule has 5 nitrogen and oxygen atoms in total. The number of aromatic hydroxyl groups is 1. The predicted molar refractivity (Wildman–Crippen MR) is 63.8 cm³/mol. The second kappa shape index (κ2) is 4.14. The van der Waals surface area contributed by atoms with Crippen molar-refractivity contribution in [1.29, 1.82) is 0 Å². The molecule has 0 aliphatic heterocycles. The van der Waals surface area contributed by atoms with E-state index in [0.29, 0.717) is 11.3 Å². The van der Waals surface area contributed by atoms with Crippen molar-refractivity contribution in [3.05, 3.63) is 56.0 Å². The summed E-state index contributed by atoms with van der Waals surface area (Å²) in [5.74, 6) is -2.37. The van der Waals surface area contributed by atoms with Gasteiger partial charge in [-0.15, -0.1) is 0 Å². The standard InChI is InChI=1S/C12H11FN2O3/c1-6-3-4-7(2)8(5-6)15-11(17)9(13)10(16)14-12(15)18/h3-5,17H,1-2H3,(H,14,16,18). The fourth-order valence-corrected chi connectivity index (χ4v) is 1.69. The van der Waals surface area contributed by atoms with Gasteiger partial charge in [0.1, 0.15) is 0 Å². The summed E-state index contributed by atoms with van der Waals surface area (Å²) in [4.78, 5) is 24.5. The van der Waals surface area contributed by atoms with E-state index < -0.39 is 22.9 Å². The first-order valence-electron chi connectivity index (χ1n) is 5.23. The Bertz CT molecular complexity index is 731. The van der Waals surface area contributed by atoms with Gasteiger partial charge < -0.3 is 5.11 Å². The minimum absolute atomic E-state index is 0.327. The fraction of sp³-hybridized carbons (Fsp3) is 0.167. The van der Waals surface area contributed by atoms with Crippen molar-refractivity contribution in [2.24, 2.45) is 0 Å². The zero-order valence-corrected chi connectivity index (χ0v) is 9.82. The van der Waals surface area contributed by atoms with Crippen molar-refractivity contribution in [1.82, 2.24) is 9.55 Å². The van der Waals surface area contributed by atoms with Crippen LogP contribution >= 0.6 is 0 Å². The van der Waals surface area contributed by atoms with Gasteiger partial charge in [0.2, 0.25) is 11.7 Å². The summed E-state index contributed by atoms with van der Waals surface area (Å²) >= 11 is 0. The van der Waals surface area contributed by atoms with Crippen molar-refractivity contribution >= 4 is 0 Å². The Hall–Kier alpha value is -2.37. The van der Waals surface area contributed by atoms with Crippen molar-refractivity contribution in [3.8, 4) is 11.6 Å². The van der Waals surface area contributed by atoms with Gasteiger partial charge in [0, 0.05) is 0 Å². The SMILES string of the molecule is Cc1ccc(C)c(-n2c(O)c(F)c(=O)[nH]c2=O)c1. The monoisotopic (exact) mass is 250 g/mol. The molecule has 0 saturated heterocycles. The molecule has 6 heteroatoms. The summed E-state index contributed by atoms with van der Waals surface area (Å²) in [6, 6.07) is 5.18. The van der Waals surface area contributed by atoms with E-state index in [1.54, 1.807) is 26.0 Å². The van der Waals surface area contributed by atoms with Crippen LogP contribution in [0.25, 0.3) is 5.69 Å². The highest BCUT2D eigenvalue weighted by Gasteiger charge is 2.16. The predicted octanol–water partition coefficient (Wildman–Crippen LogP) is 0.987. The molecule has 2 aromatic rings. The van der Waals surface area contributed by atoms with Gasteiger partial charge in [-0.1, -0.05) is 12.1 Å². The van der Waals surface area contributed by atoms with Crippen LogP contribution in [-0.2, 0) is 0 Å². The van der Waals surface area contributed by atoms with Gasteiger partial charge in [-0.25, -0.2) is 9.36 Å². The topological polar surface area (TPSA) is 75.1 Å². The van der Waals surface area contributed by atoms with E-state index in [1.807, 2.05) is 11.1 Å². The van der Waals surface area contributed by atoms with Crippen molar-refractivity contribution < 1.29 is 9.50 Å². The molecule has 0 radical (unpaired) electrons. The van der Waals surface area contributed by atoms with Gasteiger partial charge in [0.25, 0.3) is 5.56 Å². The molecule has 18 heavy (non-hydrogen) atoms. The second-order valence-electron chi connectivity index (χ2n) is 4.02. The molecule has 1 heterocycles. The van der Waals surface area contributed by atoms with Crippen LogP contribution in [0.15, 0.2) is 27.8 Å². The normalized spacial score (nSPS) is 10.6. The molecule has 0 spiro atoms. The maximum Gasteiger partial charge on any atom is 0.335 e. The Morgan fingerprint density at radius 1 is 1.28 bits per heavy atom. The number of benzene rings is 1. The summed E-state index contributed by atoms with van der Waals surface area (Å²) in [5, 5.41) is 9.60. The lowest BCUT2D eigenvalue weighted by Crippen LogP contribution is -2.31. The van der Waals surface area contributed by atoms with Gasteiger partial charge >= 0.3 is 5.69 Å². The van der Waals surface area contributed by atoms with Crippen LogP contribution in [0.3, 0.4) is 0 Å². The quantitative estimate of drug-likeness (QED) is 0.792. The number of hydrogen-bond donors (Lipinski definition) is 2. The van der Waals surface area contributed by atoms with Crippen molar-refractivity contribution in [2.75, 3.05) is 0 Å².